The van der Waals surface area contributed by atoms with E-state index >= 15 is 0 Å². The molecule has 0 fully saturated rings. The van der Waals surface area contributed by atoms with E-state index in [0.29, 0.717) is 13.1 Å². The van der Waals surface area contributed by atoms with Crippen molar-refractivity contribution < 1.29 is 14.7 Å². The van der Waals surface area contributed by atoms with Crippen molar-refractivity contribution in [1.82, 2.24) is 9.88 Å². The van der Waals surface area contributed by atoms with Gasteiger partial charge in [0.1, 0.15) is 0 Å². The van der Waals surface area contributed by atoms with Crippen molar-refractivity contribution in [2.75, 3.05) is 0 Å². The number of carboxylic acid groups (broad SMARTS) is 1. The van der Waals surface area contributed by atoms with Crippen LogP contribution in [0.4, 0.5) is 0 Å². The Morgan fingerprint density at radius 2 is 2.20 bits per heavy atom. The quantitative estimate of drug-likeness (QED) is 0.732. The molecule has 0 atom stereocenters. The van der Waals surface area contributed by atoms with Crippen LogP contribution in [0.25, 0.3) is 0 Å². The minimum Gasteiger partial charge on any atom is -0.478 e. The molecule has 5 nitrogen and oxygen atoms in total. The second-order valence-electron chi connectivity index (χ2n) is 3.51. The first-order valence-electron chi connectivity index (χ1n) is 4.54. The summed E-state index contributed by atoms with van der Waals surface area (Å²) in [6.45, 7) is 2.42. The third-order valence-electron chi connectivity index (χ3n) is 2.45. The van der Waals surface area contributed by atoms with Gasteiger partial charge in [-0.15, -0.1) is 0 Å². The number of fused-ring (bicyclic) bond motifs is 1. The summed E-state index contributed by atoms with van der Waals surface area (Å²) in [7, 11) is 0. The van der Waals surface area contributed by atoms with E-state index in [-0.39, 0.29) is 11.5 Å². The molecule has 0 radical (unpaired) electrons. The number of carbonyl (C=O) groups is 2. The fourth-order valence-corrected chi connectivity index (χ4v) is 1.60. The van der Waals surface area contributed by atoms with Gasteiger partial charge in [0.2, 0.25) is 5.91 Å². The molecule has 1 N–H and O–H groups in total. The Morgan fingerprint density at radius 1 is 1.47 bits per heavy atom. The van der Waals surface area contributed by atoms with Crippen LogP contribution in [-0.2, 0) is 17.9 Å². The number of amides is 1. The van der Waals surface area contributed by atoms with Crippen molar-refractivity contribution in [2.45, 2.75) is 20.0 Å². The molecule has 2 heterocycles. The molecule has 1 aromatic rings. The third-order valence-corrected chi connectivity index (χ3v) is 2.45. The number of pyridine rings is 1. The number of aromatic nitrogens is 1. The molecule has 0 saturated heterocycles. The van der Waals surface area contributed by atoms with E-state index in [4.69, 9.17) is 5.11 Å². The van der Waals surface area contributed by atoms with Crippen LogP contribution in [0.3, 0.4) is 0 Å². The average molecular weight is 206 g/mol. The van der Waals surface area contributed by atoms with Crippen LogP contribution in [0, 0.1) is 0 Å². The zero-order chi connectivity index (χ0) is 11.0. The van der Waals surface area contributed by atoms with E-state index in [0.717, 1.165) is 11.3 Å². The van der Waals surface area contributed by atoms with Gasteiger partial charge in [-0.05, 0) is 11.6 Å². The van der Waals surface area contributed by atoms with Gasteiger partial charge < -0.3 is 10.0 Å². The second kappa shape index (κ2) is 3.34. The smallest absolute Gasteiger partial charge is 0.337 e. The maximum atomic E-state index is 11.1. The van der Waals surface area contributed by atoms with Crippen LogP contribution in [0.15, 0.2) is 12.3 Å². The Kier molecular flexibility index (Phi) is 2.15. The van der Waals surface area contributed by atoms with Crippen molar-refractivity contribution in [3.63, 3.8) is 0 Å². The first-order valence-corrected chi connectivity index (χ1v) is 4.54. The third kappa shape index (κ3) is 1.68. The molecule has 0 bridgehead atoms. The summed E-state index contributed by atoms with van der Waals surface area (Å²) in [6.07, 6.45) is 1.32. The molecular weight excluding hydrogens is 196 g/mol. The number of carboxylic acids is 1. The summed E-state index contributed by atoms with van der Waals surface area (Å²) in [6, 6.07) is 1.58. The first-order chi connectivity index (χ1) is 7.08. The van der Waals surface area contributed by atoms with Gasteiger partial charge in [0.15, 0.2) is 0 Å². The molecule has 1 aromatic heterocycles. The second-order valence-corrected chi connectivity index (χ2v) is 3.51. The van der Waals surface area contributed by atoms with Crippen LogP contribution in [-0.4, -0.2) is 26.9 Å². The van der Waals surface area contributed by atoms with Crippen LogP contribution < -0.4 is 0 Å². The molecule has 1 aliphatic heterocycles. The summed E-state index contributed by atoms with van der Waals surface area (Å²) in [5.41, 5.74) is 1.78. The molecule has 1 amide bonds. The van der Waals surface area contributed by atoms with E-state index in [2.05, 4.69) is 4.98 Å². The van der Waals surface area contributed by atoms with Gasteiger partial charge in [-0.2, -0.15) is 0 Å². The molecule has 2 rings (SSSR count). The monoisotopic (exact) mass is 206 g/mol. The molecule has 0 spiro atoms. The summed E-state index contributed by atoms with van der Waals surface area (Å²) in [5, 5.41) is 8.77. The Labute approximate surface area is 86.3 Å². The molecule has 0 aromatic carbocycles. The number of aromatic carboxylic acids is 1. The summed E-state index contributed by atoms with van der Waals surface area (Å²) >= 11 is 0. The van der Waals surface area contributed by atoms with Crippen molar-refractivity contribution in [1.29, 1.82) is 0 Å². The van der Waals surface area contributed by atoms with Gasteiger partial charge in [-0.3, -0.25) is 9.78 Å². The topological polar surface area (TPSA) is 70.5 Å². The lowest BCUT2D eigenvalue weighted by Crippen LogP contribution is -2.21. The standard InChI is InChI=1S/C10H10N2O3/c1-6(13)12-4-8-2-7(10(14)15)3-11-9(8)5-12/h2-3H,4-5H2,1H3,(H,14,15). The highest BCUT2D eigenvalue weighted by molar-refractivity contribution is 5.87. The Hall–Kier alpha value is -1.91. The minimum absolute atomic E-state index is 0.0233. The summed E-state index contributed by atoms with van der Waals surface area (Å²) < 4.78 is 0. The van der Waals surface area contributed by atoms with Crippen molar-refractivity contribution in [2.24, 2.45) is 0 Å². The maximum absolute atomic E-state index is 11.1. The number of rotatable bonds is 1. The van der Waals surface area contributed by atoms with Crippen LogP contribution in [0.2, 0.25) is 0 Å². The van der Waals surface area contributed by atoms with Crippen LogP contribution in [0.1, 0.15) is 28.5 Å². The highest BCUT2D eigenvalue weighted by atomic mass is 16.4. The van der Waals surface area contributed by atoms with E-state index < -0.39 is 5.97 Å². The predicted octanol–water partition coefficient (Wildman–Crippen LogP) is 0.642. The van der Waals surface area contributed by atoms with Crippen LogP contribution >= 0.6 is 0 Å². The van der Waals surface area contributed by atoms with Crippen molar-refractivity contribution >= 4 is 11.9 Å². The lowest BCUT2D eigenvalue weighted by molar-refractivity contribution is -0.129. The molecule has 15 heavy (non-hydrogen) atoms. The Morgan fingerprint density at radius 3 is 2.80 bits per heavy atom. The van der Waals surface area contributed by atoms with Gasteiger partial charge in [-0.25, -0.2) is 4.79 Å². The van der Waals surface area contributed by atoms with E-state index in [9.17, 15) is 9.59 Å². The molecule has 0 unspecified atom stereocenters. The Bertz CT molecular complexity index is 442. The van der Waals surface area contributed by atoms with Crippen LogP contribution in [0.5, 0.6) is 0 Å². The predicted molar refractivity (Wildman–Crippen MR) is 51.1 cm³/mol. The van der Waals surface area contributed by atoms with Crippen molar-refractivity contribution in [3.8, 4) is 0 Å². The van der Waals surface area contributed by atoms with Crippen molar-refractivity contribution in [3.05, 3.63) is 29.1 Å². The van der Waals surface area contributed by atoms with Gasteiger partial charge in [0, 0.05) is 19.7 Å². The fraction of sp³-hybridized carbons (Fsp3) is 0.300. The number of nitrogens with zero attached hydrogens (tertiary/aromatic N) is 2. The lowest BCUT2D eigenvalue weighted by atomic mass is 10.2. The normalized spacial score (nSPS) is 13.8. The Balaban J connectivity index is 2.31. The van der Waals surface area contributed by atoms with E-state index in [1.807, 2.05) is 0 Å². The largest absolute Gasteiger partial charge is 0.478 e. The lowest BCUT2D eigenvalue weighted by Gasteiger charge is -2.10. The molecular formula is C10H10N2O3. The first kappa shape index (κ1) is 9.64. The van der Waals surface area contributed by atoms with Gasteiger partial charge in [0.25, 0.3) is 0 Å². The molecule has 1 aliphatic rings. The van der Waals surface area contributed by atoms with Gasteiger partial charge in [-0.1, -0.05) is 0 Å². The zero-order valence-electron chi connectivity index (χ0n) is 8.23. The molecule has 5 heteroatoms. The number of hydrogen-bond donors (Lipinski definition) is 1. The van der Waals surface area contributed by atoms with Gasteiger partial charge >= 0.3 is 5.97 Å². The highest BCUT2D eigenvalue weighted by Gasteiger charge is 2.22. The molecule has 78 valence electrons. The average Bonchev–Trinajstić information content (AvgIpc) is 2.59. The number of hydrogen-bond acceptors (Lipinski definition) is 3. The summed E-state index contributed by atoms with van der Waals surface area (Å²) in [5.74, 6) is -1.02. The molecule has 0 saturated carbocycles. The van der Waals surface area contributed by atoms with Gasteiger partial charge in [0.05, 0.1) is 17.8 Å². The number of carbonyl (C=O) groups excluding carboxylic acids is 1. The zero-order valence-corrected chi connectivity index (χ0v) is 8.23. The highest BCUT2D eigenvalue weighted by Crippen LogP contribution is 2.21. The maximum Gasteiger partial charge on any atom is 0.337 e. The van der Waals surface area contributed by atoms with E-state index in [1.165, 1.54) is 13.1 Å². The minimum atomic E-state index is -0.994. The summed E-state index contributed by atoms with van der Waals surface area (Å²) in [4.78, 5) is 27.5. The SMILES string of the molecule is CC(=O)N1Cc2cc(C(=O)O)cnc2C1. The fourth-order valence-electron chi connectivity index (χ4n) is 1.60. The van der Waals surface area contributed by atoms with E-state index in [1.54, 1.807) is 11.0 Å². The molecule has 0 aliphatic carbocycles.